The molecular formula is C22H16Cl2FNOS2. The lowest BCUT2D eigenvalue weighted by Crippen LogP contribution is -2.01. The normalized spacial score (nSPS) is 11.0. The Kier molecular flexibility index (Phi) is 6.20. The van der Waals surface area contributed by atoms with Gasteiger partial charge in [-0.05, 0) is 66.4 Å². The minimum absolute atomic E-state index is 0.258. The molecule has 2 heterocycles. The number of halogens is 3. The van der Waals surface area contributed by atoms with Gasteiger partial charge in [-0.25, -0.2) is 9.37 Å². The molecule has 0 saturated heterocycles. The zero-order valence-corrected chi connectivity index (χ0v) is 18.6. The Balaban J connectivity index is 1.58. The van der Waals surface area contributed by atoms with Gasteiger partial charge in [0.2, 0.25) is 0 Å². The number of thiophene rings is 1. The quantitative estimate of drug-likeness (QED) is 0.289. The van der Waals surface area contributed by atoms with Crippen LogP contribution < -0.4 is 4.74 Å². The smallest absolute Gasteiger partial charge is 0.123 e. The molecule has 4 rings (SSSR count). The van der Waals surface area contributed by atoms with E-state index in [-0.39, 0.29) is 5.82 Å². The molecule has 0 radical (unpaired) electrons. The van der Waals surface area contributed by atoms with Crippen molar-refractivity contribution in [2.75, 3.05) is 6.61 Å². The summed E-state index contributed by atoms with van der Waals surface area (Å²) in [5.74, 6) is 0.373. The number of aryl methyl sites for hydroxylation is 1. The van der Waals surface area contributed by atoms with Gasteiger partial charge in [-0.3, -0.25) is 0 Å². The molecule has 0 aliphatic heterocycles. The molecule has 7 heteroatoms. The Bertz CT molecular complexity index is 1120. The number of rotatable bonds is 6. The SMILES string of the molecule is Cc1csc(-c2sc(CCOc3cc(Cl)cc(Cl)c3)nc2-c2ccc(F)cc2)c1. The van der Waals surface area contributed by atoms with Crippen LogP contribution in [0.1, 0.15) is 10.6 Å². The summed E-state index contributed by atoms with van der Waals surface area (Å²) < 4.78 is 19.2. The third-order valence-corrected chi connectivity index (χ3v) is 6.94. The van der Waals surface area contributed by atoms with Crippen LogP contribution in [0.25, 0.3) is 21.0 Å². The van der Waals surface area contributed by atoms with Gasteiger partial charge >= 0.3 is 0 Å². The molecule has 0 spiro atoms. The summed E-state index contributed by atoms with van der Waals surface area (Å²) in [6.45, 7) is 2.53. The van der Waals surface area contributed by atoms with Crippen molar-refractivity contribution < 1.29 is 9.13 Å². The molecule has 2 nitrogen and oxygen atoms in total. The first-order chi connectivity index (χ1) is 14.0. The van der Waals surface area contributed by atoms with Crippen molar-refractivity contribution in [3.63, 3.8) is 0 Å². The molecule has 0 aliphatic rings. The summed E-state index contributed by atoms with van der Waals surface area (Å²) >= 11 is 15.4. The van der Waals surface area contributed by atoms with Crippen LogP contribution in [0.3, 0.4) is 0 Å². The van der Waals surface area contributed by atoms with E-state index < -0.39 is 0 Å². The molecule has 4 aromatic rings. The minimum Gasteiger partial charge on any atom is -0.493 e. The Morgan fingerprint density at radius 1 is 1.03 bits per heavy atom. The molecule has 2 aromatic carbocycles. The van der Waals surface area contributed by atoms with Gasteiger partial charge < -0.3 is 4.74 Å². The van der Waals surface area contributed by atoms with Crippen molar-refractivity contribution in [1.29, 1.82) is 0 Å². The highest BCUT2D eigenvalue weighted by Crippen LogP contribution is 2.40. The number of nitrogens with zero attached hydrogens (tertiary/aromatic N) is 1. The van der Waals surface area contributed by atoms with Gasteiger partial charge in [-0.15, -0.1) is 22.7 Å². The van der Waals surface area contributed by atoms with E-state index >= 15 is 0 Å². The number of benzene rings is 2. The summed E-state index contributed by atoms with van der Waals surface area (Å²) in [7, 11) is 0. The highest BCUT2D eigenvalue weighted by molar-refractivity contribution is 7.21. The minimum atomic E-state index is -0.258. The van der Waals surface area contributed by atoms with Crippen LogP contribution >= 0.6 is 45.9 Å². The van der Waals surface area contributed by atoms with Crippen LogP contribution in [-0.2, 0) is 6.42 Å². The van der Waals surface area contributed by atoms with E-state index in [0.717, 1.165) is 26.0 Å². The van der Waals surface area contributed by atoms with E-state index in [4.69, 9.17) is 32.9 Å². The van der Waals surface area contributed by atoms with Gasteiger partial charge in [0.1, 0.15) is 11.6 Å². The molecule has 0 atom stereocenters. The van der Waals surface area contributed by atoms with E-state index in [1.165, 1.54) is 17.7 Å². The monoisotopic (exact) mass is 463 g/mol. The molecular weight excluding hydrogens is 448 g/mol. The number of hydrogen-bond acceptors (Lipinski definition) is 4. The van der Waals surface area contributed by atoms with E-state index in [0.29, 0.717) is 28.8 Å². The van der Waals surface area contributed by atoms with Crippen LogP contribution in [0.5, 0.6) is 5.75 Å². The summed E-state index contributed by atoms with van der Waals surface area (Å²) in [6.07, 6.45) is 0.646. The largest absolute Gasteiger partial charge is 0.493 e. The van der Waals surface area contributed by atoms with Crippen LogP contribution in [0.15, 0.2) is 53.9 Å². The first-order valence-electron chi connectivity index (χ1n) is 8.88. The predicted molar refractivity (Wildman–Crippen MR) is 121 cm³/mol. The van der Waals surface area contributed by atoms with Crippen LogP contribution in [0, 0.1) is 12.7 Å². The lowest BCUT2D eigenvalue weighted by Gasteiger charge is -2.05. The predicted octanol–water partition coefficient (Wildman–Crippen LogP) is 7.91. The fourth-order valence-corrected chi connectivity index (χ4v) is 5.45. The third-order valence-electron chi connectivity index (χ3n) is 4.16. The fourth-order valence-electron chi connectivity index (χ4n) is 2.86. The average Bonchev–Trinajstić information content (AvgIpc) is 3.28. The summed E-state index contributed by atoms with van der Waals surface area (Å²) in [5.41, 5.74) is 2.99. The van der Waals surface area contributed by atoms with Crippen molar-refractivity contribution in [2.24, 2.45) is 0 Å². The number of hydrogen-bond donors (Lipinski definition) is 0. The summed E-state index contributed by atoms with van der Waals surface area (Å²) in [5, 5.41) is 4.15. The molecule has 0 unspecified atom stereocenters. The molecule has 0 aliphatic carbocycles. The first kappa shape index (κ1) is 20.4. The zero-order valence-electron chi connectivity index (χ0n) is 15.4. The lowest BCUT2D eigenvalue weighted by atomic mass is 10.1. The molecule has 0 bridgehead atoms. The Morgan fingerprint density at radius 3 is 2.41 bits per heavy atom. The molecule has 148 valence electrons. The highest BCUT2D eigenvalue weighted by atomic mass is 35.5. The Labute approximate surface area is 186 Å². The maximum absolute atomic E-state index is 13.4. The van der Waals surface area contributed by atoms with E-state index in [1.54, 1.807) is 53.0 Å². The maximum Gasteiger partial charge on any atom is 0.123 e. The Morgan fingerprint density at radius 2 is 1.76 bits per heavy atom. The van der Waals surface area contributed by atoms with Crippen molar-refractivity contribution in [3.05, 3.63) is 80.3 Å². The van der Waals surface area contributed by atoms with Crippen molar-refractivity contribution in [3.8, 4) is 26.8 Å². The second kappa shape index (κ2) is 8.84. The Hall–Kier alpha value is -1.92. The second-order valence-corrected chi connectivity index (χ2v) is 9.35. The third kappa shape index (κ3) is 4.98. The van der Waals surface area contributed by atoms with Gasteiger partial charge in [0.05, 0.1) is 22.2 Å². The number of ether oxygens (including phenoxy) is 1. The first-order valence-corrected chi connectivity index (χ1v) is 11.3. The van der Waals surface area contributed by atoms with Gasteiger partial charge in [0, 0.05) is 26.9 Å². The molecule has 0 N–H and O–H groups in total. The lowest BCUT2D eigenvalue weighted by molar-refractivity contribution is 0.322. The zero-order chi connectivity index (χ0) is 20.4. The summed E-state index contributed by atoms with van der Waals surface area (Å²) in [4.78, 5) is 7.09. The average molecular weight is 464 g/mol. The van der Waals surface area contributed by atoms with Gasteiger partial charge in [-0.1, -0.05) is 23.2 Å². The van der Waals surface area contributed by atoms with Gasteiger partial charge in [0.25, 0.3) is 0 Å². The standard InChI is InChI=1S/C22H16Cl2FNOS2/c1-13-8-19(28-12-13)22-21(14-2-4-17(25)5-3-14)26-20(29-22)6-7-27-18-10-15(23)9-16(24)11-18/h2-5,8-12H,6-7H2,1H3. The van der Waals surface area contributed by atoms with Crippen LogP contribution in [0.4, 0.5) is 4.39 Å². The van der Waals surface area contributed by atoms with Gasteiger partial charge in [-0.2, -0.15) is 0 Å². The molecule has 0 fully saturated rings. The van der Waals surface area contributed by atoms with Crippen molar-refractivity contribution in [2.45, 2.75) is 13.3 Å². The number of aromatic nitrogens is 1. The summed E-state index contributed by atoms with van der Waals surface area (Å²) in [6, 6.07) is 13.7. The number of thiazole rings is 1. The van der Waals surface area contributed by atoms with E-state index in [1.807, 2.05) is 0 Å². The highest BCUT2D eigenvalue weighted by Gasteiger charge is 2.16. The van der Waals surface area contributed by atoms with Crippen molar-refractivity contribution in [1.82, 2.24) is 4.98 Å². The fraction of sp³-hybridized carbons (Fsp3) is 0.136. The molecule has 0 amide bonds. The van der Waals surface area contributed by atoms with Crippen molar-refractivity contribution >= 4 is 45.9 Å². The maximum atomic E-state index is 13.4. The van der Waals surface area contributed by atoms with E-state index in [9.17, 15) is 4.39 Å². The molecule has 2 aromatic heterocycles. The topological polar surface area (TPSA) is 22.1 Å². The molecule has 0 saturated carbocycles. The molecule has 29 heavy (non-hydrogen) atoms. The second-order valence-electron chi connectivity index (χ2n) is 6.48. The van der Waals surface area contributed by atoms with Crippen LogP contribution in [0.2, 0.25) is 10.0 Å². The van der Waals surface area contributed by atoms with E-state index in [2.05, 4.69) is 18.4 Å². The van der Waals surface area contributed by atoms with Crippen LogP contribution in [-0.4, -0.2) is 11.6 Å². The van der Waals surface area contributed by atoms with Gasteiger partial charge in [0.15, 0.2) is 0 Å².